The van der Waals surface area contributed by atoms with Gasteiger partial charge >= 0.3 is 0 Å². The molecule has 4 aliphatic rings. The van der Waals surface area contributed by atoms with Gasteiger partial charge in [-0.25, -0.2) is 0 Å². The fraction of sp³-hybridized carbons (Fsp3) is 0.767. The van der Waals surface area contributed by atoms with Crippen molar-refractivity contribution < 1.29 is 34.8 Å². The van der Waals surface area contributed by atoms with Crippen LogP contribution in [0.3, 0.4) is 0 Å². The summed E-state index contributed by atoms with van der Waals surface area (Å²) in [5.41, 5.74) is -5.39. The molecule has 0 amide bonds. The lowest BCUT2D eigenvalue weighted by Crippen LogP contribution is -2.64. The van der Waals surface area contributed by atoms with Crippen molar-refractivity contribution in [3.63, 3.8) is 0 Å². The lowest BCUT2D eigenvalue weighted by molar-refractivity contribution is -0.181. The normalized spacial score (nSPS) is 42.7. The van der Waals surface area contributed by atoms with E-state index >= 15 is 0 Å². The van der Waals surface area contributed by atoms with E-state index in [4.69, 9.17) is 0 Å². The number of carbonyl (C=O) groups is 3. The van der Waals surface area contributed by atoms with E-state index in [-0.39, 0.29) is 42.5 Å². The molecule has 0 aromatic rings. The molecule has 0 aliphatic heterocycles. The van der Waals surface area contributed by atoms with Crippen molar-refractivity contribution in [2.45, 2.75) is 105 Å². The second-order valence-electron chi connectivity index (χ2n) is 14.3. The number of aliphatic hydroxyl groups excluding tert-OH is 2. The molecule has 4 rings (SSSR count). The van der Waals surface area contributed by atoms with E-state index in [0.717, 1.165) is 5.57 Å². The van der Waals surface area contributed by atoms with E-state index in [1.807, 2.05) is 19.9 Å². The Kier molecular flexibility index (Phi) is 6.16. The molecule has 206 valence electrons. The van der Waals surface area contributed by atoms with E-state index < -0.39 is 56.6 Å². The summed E-state index contributed by atoms with van der Waals surface area (Å²) in [6, 6.07) is 0. The van der Waals surface area contributed by atoms with Gasteiger partial charge in [-0.05, 0) is 76.7 Å². The highest BCUT2D eigenvalue weighted by atomic mass is 16.3. The average molecular weight is 517 g/mol. The molecular weight excluding hydrogens is 472 g/mol. The van der Waals surface area contributed by atoms with Crippen molar-refractivity contribution in [2.24, 2.45) is 39.4 Å². The number of hydrogen-bond donors (Lipinski definition) is 4. The second kappa shape index (κ2) is 8.09. The quantitative estimate of drug-likeness (QED) is 0.408. The zero-order valence-electron chi connectivity index (χ0n) is 23.5. The van der Waals surface area contributed by atoms with Gasteiger partial charge in [0.1, 0.15) is 11.4 Å². The first-order valence-corrected chi connectivity index (χ1v) is 13.5. The summed E-state index contributed by atoms with van der Waals surface area (Å²) in [5.74, 6) is -2.69. The van der Waals surface area contributed by atoms with Crippen LogP contribution >= 0.6 is 0 Å². The maximum atomic E-state index is 14.2. The van der Waals surface area contributed by atoms with Crippen molar-refractivity contribution in [1.29, 1.82) is 0 Å². The van der Waals surface area contributed by atoms with Crippen LogP contribution in [0.2, 0.25) is 0 Å². The summed E-state index contributed by atoms with van der Waals surface area (Å²) < 4.78 is 0. The highest BCUT2D eigenvalue weighted by Gasteiger charge is 2.74. The molecule has 0 saturated heterocycles. The predicted molar refractivity (Wildman–Crippen MR) is 138 cm³/mol. The van der Waals surface area contributed by atoms with Crippen molar-refractivity contribution in [3.8, 4) is 0 Å². The minimum absolute atomic E-state index is 0.0387. The Hall–Kier alpha value is -1.83. The zero-order chi connectivity index (χ0) is 28.1. The van der Waals surface area contributed by atoms with Crippen LogP contribution in [-0.4, -0.2) is 55.1 Å². The summed E-state index contributed by atoms with van der Waals surface area (Å²) in [6.45, 7) is 14.1. The van der Waals surface area contributed by atoms with Crippen LogP contribution in [0.15, 0.2) is 23.5 Å². The smallest absolute Gasteiger partial charge is 0.206 e. The number of allylic oxidation sites excluding steroid dienone is 4. The second-order valence-corrected chi connectivity index (χ2v) is 14.3. The SMILES string of the molecule is CC(C)(O)CCC(=O)[C@@](C)(O)[C@H]1[C@H](O)C[C@@]2(C)[C@@H]3CC=C4[C@H](C=C(O)C(=O)C4(C)C)[C@]3(C)C(=O)C[C@]12C. The molecule has 8 atom stereocenters. The molecule has 0 aromatic heterocycles. The topological polar surface area (TPSA) is 132 Å². The molecule has 0 unspecified atom stereocenters. The number of hydrogen-bond acceptors (Lipinski definition) is 7. The Bertz CT molecular complexity index is 1110. The number of Topliss-reactive ketones (excluding diaryl/α,β-unsaturated/α-hetero) is 3. The van der Waals surface area contributed by atoms with Crippen LogP contribution in [0.5, 0.6) is 0 Å². The van der Waals surface area contributed by atoms with Crippen LogP contribution < -0.4 is 0 Å². The van der Waals surface area contributed by atoms with Gasteiger partial charge in [0.25, 0.3) is 0 Å². The van der Waals surface area contributed by atoms with E-state index in [2.05, 4.69) is 6.92 Å². The van der Waals surface area contributed by atoms with Crippen molar-refractivity contribution in [2.75, 3.05) is 0 Å². The number of rotatable bonds is 5. The van der Waals surface area contributed by atoms with E-state index in [0.29, 0.717) is 12.8 Å². The summed E-state index contributed by atoms with van der Waals surface area (Å²) in [6.07, 6.45) is 3.64. The van der Waals surface area contributed by atoms with Crippen molar-refractivity contribution >= 4 is 17.3 Å². The lowest BCUT2D eigenvalue weighted by atomic mass is 9.39. The molecule has 0 bridgehead atoms. The third-order valence-corrected chi connectivity index (χ3v) is 11.2. The third-order valence-electron chi connectivity index (χ3n) is 11.2. The van der Waals surface area contributed by atoms with Gasteiger partial charge in [0.2, 0.25) is 5.78 Å². The Morgan fingerprint density at radius 2 is 1.65 bits per heavy atom. The summed E-state index contributed by atoms with van der Waals surface area (Å²) >= 11 is 0. The molecule has 0 heterocycles. The fourth-order valence-corrected chi connectivity index (χ4v) is 8.82. The molecule has 4 aliphatic carbocycles. The van der Waals surface area contributed by atoms with Crippen molar-refractivity contribution in [1.82, 2.24) is 0 Å². The Labute approximate surface area is 220 Å². The summed E-state index contributed by atoms with van der Waals surface area (Å²) in [5, 5.41) is 43.7. The Morgan fingerprint density at radius 3 is 2.22 bits per heavy atom. The first kappa shape index (κ1) is 28.2. The Morgan fingerprint density at radius 1 is 1.05 bits per heavy atom. The van der Waals surface area contributed by atoms with Crippen LogP contribution in [-0.2, 0) is 14.4 Å². The molecule has 0 radical (unpaired) electrons. The van der Waals surface area contributed by atoms with Crippen LogP contribution in [0.4, 0.5) is 0 Å². The van der Waals surface area contributed by atoms with Crippen molar-refractivity contribution in [3.05, 3.63) is 23.5 Å². The van der Waals surface area contributed by atoms with Gasteiger partial charge in [-0.3, -0.25) is 14.4 Å². The minimum Gasteiger partial charge on any atom is -0.505 e. The summed E-state index contributed by atoms with van der Waals surface area (Å²) in [7, 11) is 0. The molecule has 7 heteroatoms. The molecule has 2 fully saturated rings. The predicted octanol–water partition coefficient (Wildman–Crippen LogP) is 3.84. The van der Waals surface area contributed by atoms with E-state index in [1.165, 1.54) is 13.0 Å². The third kappa shape index (κ3) is 3.67. The number of aliphatic hydroxyl groups is 4. The van der Waals surface area contributed by atoms with Crippen LogP contribution in [0.25, 0.3) is 0 Å². The van der Waals surface area contributed by atoms with Gasteiger partial charge in [-0.1, -0.05) is 32.4 Å². The number of fused-ring (bicyclic) bond motifs is 5. The molecule has 2 saturated carbocycles. The maximum absolute atomic E-state index is 14.2. The lowest BCUT2D eigenvalue weighted by Gasteiger charge is -2.63. The van der Waals surface area contributed by atoms with E-state index in [9.17, 15) is 34.8 Å². The van der Waals surface area contributed by atoms with Gasteiger partial charge < -0.3 is 20.4 Å². The molecule has 37 heavy (non-hydrogen) atoms. The fourth-order valence-electron chi connectivity index (χ4n) is 8.82. The number of ketones is 3. The average Bonchev–Trinajstić information content (AvgIpc) is 2.96. The first-order valence-electron chi connectivity index (χ1n) is 13.5. The van der Waals surface area contributed by atoms with Crippen LogP contribution in [0, 0.1) is 39.4 Å². The van der Waals surface area contributed by atoms with Gasteiger partial charge in [-0.15, -0.1) is 0 Å². The standard InChI is InChI=1S/C30H44O7/c1-25(2,36)12-11-21(33)30(8,37)23-19(32)14-27(5)20-10-9-16-17(13-18(31)24(35)26(16,3)4)29(20,7)22(34)15-28(23,27)6/h9,13,17,19-20,23,31-32,36-37H,10-12,14-15H2,1-8H3/t17-,19+,20-,23-,27-,28+,29-,30+/m0/s1. The maximum Gasteiger partial charge on any atom is 0.206 e. The van der Waals surface area contributed by atoms with Gasteiger partial charge in [0, 0.05) is 30.1 Å². The highest BCUT2D eigenvalue weighted by Crippen LogP contribution is 2.73. The monoisotopic (exact) mass is 516 g/mol. The molecular formula is C30H44O7. The molecule has 4 N–H and O–H groups in total. The van der Waals surface area contributed by atoms with Crippen LogP contribution in [0.1, 0.15) is 87.5 Å². The van der Waals surface area contributed by atoms with Gasteiger partial charge in [0.05, 0.1) is 17.1 Å². The minimum atomic E-state index is -1.88. The number of carbonyl (C=O) groups excluding carboxylic acids is 3. The Balaban J connectivity index is 1.79. The molecule has 0 spiro atoms. The van der Waals surface area contributed by atoms with E-state index in [1.54, 1.807) is 27.7 Å². The first-order chi connectivity index (χ1) is 16.7. The molecule has 0 aromatic carbocycles. The summed E-state index contributed by atoms with van der Waals surface area (Å²) in [4.78, 5) is 40.2. The zero-order valence-corrected chi connectivity index (χ0v) is 23.5. The van der Waals surface area contributed by atoms with Gasteiger partial charge in [-0.2, -0.15) is 0 Å². The largest absolute Gasteiger partial charge is 0.505 e. The van der Waals surface area contributed by atoms with Gasteiger partial charge in [0.15, 0.2) is 11.5 Å². The molecule has 7 nitrogen and oxygen atoms in total. The highest BCUT2D eigenvalue weighted by molar-refractivity contribution is 6.02.